The molecule has 1 aromatic carbocycles. The molecule has 1 atom stereocenters. The van der Waals surface area contributed by atoms with Gasteiger partial charge in [0, 0.05) is 25.7 Å². The summed E-state index contributed by atoms with van der Waals surface area (Å²) in [6, 6.07) is 12.4. The molecule has 3 amide bonds. The number of nitrogens with zero attached hydrogens (tertiary/aromatic N) is 2. The van der Waals surface area contributed by atoms with Gasteiger partial charge in [0.05, 0.1) is 13.2 Å². The minimum Gasteiger partial charge on any atom is -0.480 e. The van der Waals surface area contributed by atoms with Crippen LogP contribution in [0, 0.1) is 0 Å². The van der Waals surface area contributed by atoms with Gasteiger partial charge < -0.3 is 20.3 Å². The average molecular weight is 354 g/mol. The Morgan fingerprint density at radius 3 is 2.77 bits per heavy atom. The van der Waals surface area contributed by atoms with E-state index >= 15 is 0 Å². The van der Waals surface area contributed by atoms with Crippen LogP contribution in [0.15, 0.2) is 48.7 Å². The third-order valence-corrected chi connectivity index (χ3v) is 4.29. The van der Waals surface area contributed by atoms with Crippen LogP contribution in [0.1, 0.15) is 24.4 Å². The third kappa shape index (κ3) is 4.30. The lowest BCUT2D eigenvalue weighted by atomic mass is 10.1. The quantitative estimate of drug-likeness (QED) is 0.835. The molecule has 2 N–H and O–H groups in total. The zero-order chi connectivity index (χ0) is 18.4. The molecule has 0 radical (unpaired) electrons. The van der Waals surface area contributed by atoms with Crippen LogP contribution in [0.25, 0.3) is 0 Å². The predicted octanol–water partition coefficient (Wildman–Crippen LogP) is 2.58. The SMILES string of the molecule is COc1ncccc1NC(=O)NC(CN1CCCC1=O)c1ccccc1. The molecule has 26 heavy (non-hydrogen) atoms. The van der Waals surface area contributed by atoms with E-state index < -0.39 is 0 Å². The number of ether oxygens (including phenoxy) is 1. The van der Waals surface area contributed by atoms with Gasteiger partial charge in [0.1, 0.15) is 5.69 Å². The highest BCUT2D eigenvalue weighted by atomic mass is 16.5. The Bertz CT molecular complexity index is 766. The number of nitrogens with one attached hydrogen (secondary N) is 2. The van der Waals surface area contributed by atoms with Crippen LogP contribution in [0.2, 0.25) is 0 Å². The van der Waals surface area contributed by atoms with Crippen molar-refractivity contribution in [2.45, 2.75) is 18.9 Å². The van der Waals surface area contributed by atoms with E-state index in [4.69, 9.17) is 4.74 Å². The van der Waals surface area contributed by atoms with Crippen molar-refractivity contribution in [1.82, 2.24) is 15.2 Å². The number of likely N-dealkylation sites (tertiary alicyclic amines) is 1. The van der Waals surface area contributed by atoms with Crippen LogP contribution >= 0.6 is 0 Å². The van der Waals surface area contributed by atoms with Crippen LogP contribution in [0.4, 0.5) is 10.5 Å². The monoisotopic (exact) mass is 354 g/mol. The zero-order valence-electron chi connectivity index (χ0n) is 14.6. The third-order valence-electron chi connectivity index (χ3n) is 4.29. The summed E-state index contributed by atoms with van der Waals surface area (Å²) in [4.78, 5) is 30.3. The zero-order valence-corrected chi connectivity index (χ0v) is 14.6. The van der Waals surface area contributed by atoms with Gasteiger partial charge in [-0.15, -0.1) is 0 Å². The van der Waals surface area contributed by atoms with Crippen molar-refractivity contribution in [2.24, 2.45) is 0 Å². The standard InChI is InChI=1S/C19H22N4O3/c1-26-18-15(9-5-11-20-18)21-19(25)22-16(14-7-3-2-4-8-14)13-23-12-6-10-17(23)24/h2-5,7-9,11,16H,6,10,12-13H2,1H3,(H2,21,22,25). The number of methoxy groups -OCH3 is 1. The summed E-state index contributed by atoms with van der Waals surface area (Å²) >= 11 is 0. The fraction of sp³-hybridized carbons (Fsp3) is 0.316. The number of carbonyl (C=O) groups excluding carboxylic acids is 2. The molecule has 1 aliphatic rings. The molecule has 1 saturated heterocycles. The maximum absolute atomic E-state index is 12.5. The lowest BCUT2D eigenvalue weighted by Crippen LogP contribution is -2.40. The second-order valence-electron chi connectivity index (χ2n) is 6.07. The number of urea groups is 1. The molecule has 2 heterocycles. The second kappa shape index (κ2) is 8.33. The van der Waals surface area contributed by atoms with Gasteiger partial charge in [0.15, 0.2) is 0 Å². The molecule has 1 unspecified atom stereocenters. The number of hydrogen-bond acceptors (Lipinski definition) is 4. The van der Waals surface area contributed by atoms with Gasteiger partial charge >= 0.3 is 6.03 Å². The average Bonchev–Trinajstić information content (AvgIpc) is 3.07. The van der Waals surface area contributed by atoms with Crippen LogP contribution in [-0.2, 0) is 4.79 Å². The molecule has 1 aromatic heterocycles. The molecule has 0 bridgehead atoms. The number of rotatable bonds is 6. The summed E-state index contributed by atoms with van der Waals surface area (Å²) in [5.41, 5.74) is 1.43. The molecular formula is C19H22N4O3. The number of amides is 3. The number of carbonyl (C=O) groups is 2. The van der Waals surface area contributed by atoms with Gasteiger partial charge in [-0.2, -0.15) is 0 Å². The predicted molar refractivity (Wildman–Crippen MR) is 97.9 cm³/mol. The molecule has 0 spiro atoms. The van der Waals surface area contributed by atoms with Gasteiger partial charge in [-0.3, -0.25) is 4.79 Å². The van der Waals surface area contributed by atoms with Gasteiger partial charge in [-0.25, -0.2) is 9.78 Å². The molecule has 2 aromatic rings. The first-order chi connectivity index (χ1) is 12.7. The Morgan fingerprint density at radius 2 is 2.08 bits per heavy atom. The summed E-state index contributed by atoms with van der Waals surface area (Å²) < 4.78 is 5.15. The van der Waals surface area contributed by atoms with E-state index in [-0.39, 0.29) is 18.0 Å². The Balaban J connectivity index is 1.72. The topological polar surface area (TPSA) is 83.6 Å². The Kier molecular flexibility index (Phi) is 5.68. The number of hydrogen-bond donors (Lipinski definition) is 2. The van der Waals surface area contributed by atoms with Crippen LogP contribution in [0.3, 0.4) is 0 Å². The van der Waals surface area contributed by atoms with E-state index in [1.165, 1.54) is 7.11 Å². The lowest BCUT2D eigenvalue weighted by Gasteiger charge is -2.25. The maximum Gasteiger partial charge on any atom is 0.319 e. The highest BCUT2D eigenvalue weighted by molar-refractivity contribution is 5.90. The van der Waals surface area contributed by atoms with E-state index in [1.807, 2.05) is 30.3 Å². The van der Waals surface area contributed by atoms with Gasteiger partial charge in [-0.1, -0.05) is 30.3 Å². The Morgan fingerprint density at radius 1 is 1.27 bits per heavy atom. The number of anilines is 1. The number of pyridine rings is 1. The first-order valence-electron chi connectivity index (χ1n) is 8.56. The highest BCUT2D eigenvalue weighted by Gasteiger charge is 2.25. The molecular weight excluding hydrogens is 332 g/mol. The van der Waals surface area contributed by atoms with E-state index in [0.29, 0.717) is 24.5 Å². The molecule has 0 aliphatic carbocycles. The molecule has 1 aliphatic heterocycles. The summed E-state index contributed by atoms with van der Waals surface area (Å²) in [5.74, 6) is 0.468. The molecule has 7 heteroatoms. The van der Waals surface area contributed by atoms with E-state index in [0.717, 1.165) is 18.5 Å². The van der Waals surface area contributed by atoms with Crippen molar-refractivity contribution in [1.29, 1.82) is 0 Å². The van der Waals surface area contributed by atoms with Crippen LogP contribution in [0.5, 0.6) is 5.88 Å². The largest absolute Gasteiger partial charge is 0.480 e. The van der Waals surface area contributed by atoms with Gasteiger partial charge in [0.2, 0.25) is 11.8 Å². The fourth-order valence-corrected chi connectivity index (χ4v) is 3.00. The van der Waals surface area contributed by atoms with Crippen molar-refractivity contribution in [3.05, 3.63) is 54.2 Å². The molecule has 1 fully saturated rings. The fourth-order valence-electron chi connectivity index (χ4n) is 3.00. The van der Waals surface area contributed by atoms with Crippen molar-refractivity contribution >= 4 is 17.6 Å². The number of aromatic nitrogens is 1. The van der Waals surface area contributed by atoms with Crippen molar-refractivity contribution in [2.75, 3.05) is 25.5 Å². The molecule has 7 nitrogen and oxygen atoms in total. The minimum absolute atomic E-state index is 0.127. The van der Waals surface area contributed by atoms with E-state index in [2.05, 4.69) is 15.6 Å². The molecule has 136 valence electrons. The first kappa shape index (κ1) is 17.7. The summed E-state index contributed by atoms with van der Waals surface area (Å²) in [6.07, 6.45) is 3.02. The summed E-state index contributed by atoms with van der Waals surface area (Å²) in [6.45, 7) is 1.17. The van der Waals surface area contributed by atoms with Crippen LogP contribution < -0.4 is 15.4 Å². The Hall–Kier alpha value is -3.09. The highest BCUT2D eigenvalue weighted by Crippen LogP contribution is 2.21. The van der Waals surface area contributed by atoms with Crippen molar-refractivity contribution in [3.63, 3.8) is 0 Å². The Labute approximate surface area is 152 Å². The normalized spacial score (nSPS) is 14.8. The van der Waals surface area contributed by atoms with Crippen molar-refractivity contribution in [3.8, 4) is 5.88 Å². The van der Waals surface area contributed by atoms with Gasteiger partial charge in [-0.05, 0) is 24.1 Å². The van der Waals surface area contributed by atoms with Gasteiger partial charge in [0.25, 0.3) is 0 Å². The molecule has 3 rings (SSSR count). The second-order valence-corrected chi connectivity index (χ2v) is 6.07. The van der Waals surface area contributed by atoms with E-state index in [9.17, 15) is 9.59 Å². The molecule has 0 saturated carbocycles. The minimum atomic E-state index is -0.378. The first-order valence-corrected chi connectivity index (χ1v) is 8.56. The van der Waals surface area contributed by atoms with Crippen LogP contribution in [-0.4, -0.2) is 42.0 Å². The maximum atomic E-state index is 12.5. The van der Waals surface area contributed by atoms with E-state index in [1.54, 1.807) is 23.2 Å². The lowest BCUT2D eigenvalue weighted by molar-refractivity contribution is -0.128. The summed E-state index contributed by atoms with van der Waals surface area (Å²) in [5, 5.41) is 5.71. The van der Waals surface area contributed by atoms with Crippen molar-refractivity contribution < 1.29 is 14.3 Å². The summed E-state index contributed by atoms with van der Waals surface area (Å²) in [7, 11) is 1.50. The smallest absolute Gasteiger partial charge is 0.319 e. The number of benzene rings is 1.